The van der Waals surface area contributed by atoms with Gasteiger partial charge in [-0.1, -0.05) is 24.9 Å². The summed E-state index contributed by atoms with van der Waals surface area (Å²) in [5.74, 6) is 2.20. The SMILES string of the molecule is CCCCC=O.COC(C)Cl.O[S+]1CCCS1. The van der Waals surface area contributed by atoms with E-state index in [1.54, 1.807) is 24.8 Å². The Morgan fingerprint density at radius 2 is 2.24 bits per heavy atom. The highest BCUT2D eigenvalue weighted by Gasteiger charge is 2.23. The van der Waals surface area contributed by atoms with Crippen molar-refractivity contribution in [2.75, 3.05) is 18.6 Å². The molecule has 0 radical (unpaired) electrons. The lowest BCUT2D eigenvalue weighted by Crippen LogP contribution is -1.89. The monoisotopic (exact) mass is 303 g/mol. The number of methoxy groups -OCH3 is 1. The van der Waals surface area contributed by atoms with Crippen LogP contribution in [0, 0.1) is 0 Å². The molecule has 1 fully saturated rings. The average molecular weight is 304 g/mol. The van der Waals surface area contributed by atoms with Crippen molar-refractivity contribution < 1.29 is 14.1 Å². The quantitative estimate of drug-likeness (QED) is 0.283. The first kappa shape index (κ1) is 19.9. The predicted molar refractivity (Wildman–Crippen MR) is 79.8 cm³/mol. The third-order valence-electron chi connectivity index (χ3n) is 1.68. The van der Waals surface area contributed by atoms with Gasteiger partial charge in [-0.25, -0.2) is 0 Å². The van der Waals surface area contributed by atoms with E-state index in [1.807, 2.05) is 0 Å². The summed E-state index contributed by atoms with van der Waals surface area (Å²) in [6.45, 7) is 3.84. The van der Waals surface area contributed by atoms with Gasteiger partial charge in [-0.05, 0) is 13.3 Å². The van der Waals surface area contributed by atoms with Crippen LogP contribution in [0.25, 0.3) is 0 Å². The summed E-state index contributed by atoms with van der Waals surface area (Å²) in [5.41, 5.74) is -0.144. The standard InChI is InChI=1S/C5H10O.C3H7ClO.C3H7OS2/c1-2-3-4-5-6;1-3(4)5-2;4-6-3-1-2-5-6/h5H,2-4H2,1H3;3H,1-2H3;4H,1-3H2/q;;+1. The number of halogens is 1. The number of aldehydes is 1. The molecule has 1 N–H and O–H groups in total. The van der Waals surface area contributed by atoms with E-state index >= 15 is 0 Å². The maximum Gasteiger partial charge on any atom is 0.214 e. The Morgan fingerprint density at radius 1 is 1.65 bits per heavy atom. The van der Waals surface area contributed by atoms with Crippen molar-refractivity contribution in [2.24, 2.45) is 0 Å². The Morgan fingerprint density at radius 3 is 2.35 bits per heavy atom. The molecule has 0 aromatic heterocycles. The first-order chi connectivity index (χ1) is 8.08. The molecule has 1 aliphatic rings. The van der Waals surface area contributed by atoms with Crippen LogP contribution in [0.4, 0.5) is 0 Å². The fourth-order valence-electron chi connectivity index (χ4n) is 0.684. The lowest BCUT2D eigenvalue weighted by Gasteiger charge is -1.91. The lowest BCUT2D eigenvalue weighted by atomic mass is 10.3. The van der Waals surface area contributed by atoms with Crippen LogP contribution in [0.15, 0.2) is 0 Å². The number of hydrogen-bond acceptors (Lipinski definition) is 4. The van der Waals surface area contributed by atoms with Crippen LogP contribution in [-0.4, -0.2) is 35.0 Å². The highest BCUT2D eigenvalue weighted by Crippen LogP contribution is 2.22. The van der Waals surface area contributed by atoms with Crippen LogP contribution in [0.3, 0.4) is 0 Å². The highest BCUT2D eigenvalue weighted by atomic mass is 35.5. The smallest absolute Gasteiger partial charge is 0.214 e. The van der Waals surface area contributed by atoms with Crippen molar-refractivity contribution >= 4 is 38.9 Å². The summed E-state index contributed by atoms with van der Waals surface area (Å²) in [5, 5.41) is 0. The molecule has 3 nitrogen and oxygen atoms in total. The second kappa shape index (κ2) is 16.6. The highest BCUT2D eigenvalue weighted by molar-refractivity contribution is 8.72. The average Bonchev–Trinajstić information content (AvgIpc) is 2.79. The van der Waals surface area contributed by atoms with Gasteiger partial charge in [-0.3, -0.25) is 0 Å². The topological polar surface area (TPSA) is 46.5 Å². The Hall–Kier alpha value is 0.580. The largest absolute Gasteiger partial charge is 0.366 e. The third-order valence-corrected chi connectivity index (χ3v) is 5.04. The van der Waals surface area contributed by atoms with Crippen molar-refractivity contribution in [3.63, 3.8) is 0 Å². The van der Waals surface area contributed by atoms with Crippen molar-refractivity contribution in [2.45, 2.75) is 45.1 Å². The zero-order valence-corrected chi connectivity index (χ0v) is 13.2. The van der Waals surface area contributed by atoms with Gasteiger partial charge >= 0.3 is 0 Å². The number of alkyl halides is 1. The first-order valence-electron chi connectivity index (χ1n) is 5.72. The molecule has 0 aliphatic carbocycles. The molecular weight excluding hydrogens is 280 g/mol. The van der Waals surface area contributed by atoms with Crippen molar-refractivity contribution in [1.82, 2.24) is 0 Å². The number of hydrogen-bond donors (Lipinski definition) is 1. The molecule has 0 saturated carbocycles. The molecule has 17 heavy (non-hydrogen) atoms. The molecule has 1 saturated heterocycles. The Kier molecular flexibility index (Phi) is 19.4. The number of rotatable bonds is 4. The van der Waals surface area contributed by atoms with Gasteiger partial charge in [-0.15, -0.1) is 0 Å². The minimum Gasteiger partial charge on any atom is -0.366 e. The summed E-state index contributed by atoms with van der Waals surface area (Å²) >= 11 is 5.24. The van der Waals surface area contributed by atoms with E-state index in [0.717, 1.165) is 31.3 Å². The maximum absolute atomic E-state index is 9.56. The molecular formula is C11H24ClO3S2+. The summed E-state index contributed by atoms with van der Waals surface area (Å²) in [7, 11) is 2.99. The summed E-state index contributed by atoms with van der Waals surface area (Å²) in [6.07, 6.45) is 5.08. The number of ether oxygens (including phenoxy) is 1. The molecule has 0 spiro atoms. The summed E-state index contributed by atoms with van der Waals surface area (Å²) in [4.78, 5) is 9.56. The van der Waals surface area contributed by atoms with Crippen LogP contribution >= 0.6 is 22.4 Å². The second-order valence-electron chi connectivity index (χ2n) is 3.29. The Labute approximate surface area is 117 Å². The minimum atomic E-state index is -0.256. The molecule has 1 heterocycles. The van der Waals surface area contributed by atoms with Crippen LogP contribution in [0.5, 0.6) is 0 Å². The zero-order valence-electron chi connectivity index (χ0n) is 10.9. The number of carbonyl (C=O) groups excluding carboxylic acids is 1. The summed E-state index contributed by atoms with van der Waals surface area (Å²) in [6, 6.07) is 0. The fourth-order valence-corrected chi connectivity index (χ4v) is 3.47. The molecule has 0 bridgehead atoms. The first-order valence-corrected chi connectivity index (χ1v) is 9.01. The van der Waals surface area contributed by atoms with E-state index in [4.69, 9.17) is 16.2 Å². The van der Waals surface area contributed by atoms with E-state index in [0.29, 0.717) is 0 Å². The van der Waals surface area contributed by atoms with Gasteiger partial charge in [0, 0.05) is 20.0 Å². The van der Waals surface area contributed by atoms with Crippen LogP contribution in [0.1, 0.15) is 39.5 Å². The van der Waals surface area contributed by atoms with Gasteiger partial charge in [0.15, 0.2) is 5.75 Å². The molecule has 0 aromatic carbocycles. The number of carbonyl (C=O) groups is 1. The predicted octanol–water partition coefficient (Wildman–Crippen LogP) is 3.72. The summed E-state index contributed by atoms with van der Waals surface area (Å²) < 4.78 is 13.2. The Balaban J connectivity index is 0. The van der Waals surface area contributed by atoms with Crippen molar-refractivity contribution in [3.8, 4) is 0 Å². The molecule has 1 aliphatic heterocycles. The van der Waals surface area contributed by atoms with E-state index in [-0.39, 0.29) is 15.8 Å². The van der Waals surface area contributed by atoms with E-state index in [2.05, 4.69) is 11.7 Å². The van der Waals surface area contributed by atoms with Gasteiger partial charge in [0.05, 0.1) is 5.75 Å². The molecule has 6 heteroatoms. The molecule has 1 rings (SSSR count). The molecule has 2 atom stereocenters. The van der Waals surface area contributed by atoms with Gasteiger partial charge < -0.3 is 9.53 Å². The lowest BCUT2D eigenvalue weighted by molar-refractivity contribution is -0.107. The zero-order chi connectivity index (χ0) is 13.5. The Bertz CT molecular complexity index is 154. The van der Waals surface area contributed by atoms with Crippen LogP contribution in [-0.2, 0) is 19.7 Å². The van der Waals surface area contributed by atoms with Gasteiger partial charge in [0.1, 0.15) is 22.6 Å². The van der Waals surface area contributed by atoms with Crippen LogP contribution in [0.2, 0.25) is 0 Å². The van der Waals surface area contributed by atoms with E-state index in [1.165, 1.54) is 12.2 Å². The number of unbranched alkanes of at least 4 members (excludes halogenated alkanes) is 2. The van der Waals surface area contributed by atoms with Gasteiger partial charge in [0.2, 0.25) is 10.2 Å². The molecule has 0 aromatic rings. The van der Waals surface area contributed by atoms with Crippen LogP contribution < -0.4 is 0 Å². The fraction of sp³-hybridized carbons (Fsp3) is 0.909. The molecule has 0 amide bonds. The van der Waals surface area contributed by atoms with E-state index < -0.39 is 0 Å². The second-order valence-corrected chi connectivity index (χ2v) is 7.46. The van der Waals surface area contributed by atoms with Gasteiger partial charge in [-0.2, -0.15) is 4.55 Å². The maximum atomic E-state index is 9.56. The van der Waals surface area contributed by atoms with E-state index in [9.17, 15) is 4.79 Å². The third kappa shape index (κ3) is 22.3. The van der Waals surface area contributed by atoms with Crippen molar-refractivity contribution in [3.05, 3.63) is 0 Å². The molecule has 104 valence electrons. The minimum absolute atomic E-state index is 0.144. The van der Waals surface area contributed by atoms with Crippen molar-refractivity contribution in [1.29, 1.82) is 0 Å². The molecule has 2 unspecified atom stereocenters. The van der Waals surface area contributed by atoms with Gasteiger partial charge in [0.25, 0.3) is 0 Å². The normalized spacial score (nSPS) is 19.5.